The highest BCUT2D eigenvalue weighted by atomic mass is 16.5. The van der Waals surface area contributed by atoms with E-state index < -0.39 is 0 Å². The van der Waals surface area contributed by atoms with E-state index >= 15 is 0 Å². The average molecular weight is 643 g/mol. The Hall–Kier alpha value is -6.79. The molecule has 1 aliphatic rings. The van der Waals surface area contributed by atoms with E-state index in [1.54, 1.807) is 0 Å². The van der Waals surface area contributed by atoms with Crippen LogP contribution in [0.15, 0.2) is 150 Å². The van der Waals surface area contributed by atoms with Crippen molar-refractivity contribution in [2.75, 3.05) is 5.32 Å². The first-order chi connectivity index (χ1) is 24.7. The predicted octanol–water partition coefficient (Wildman–Crippen LogP) is 11.2. The number of anilines is 1. The first-order valence-electron chi connectivity index (χ1n) is 16.7. The Bertz CT molecular complexity index is 2850. The third-order valence-corrected chi connectivity index (χ3v) is 9.86. The number of ether oxygens (including phenoxy) is 1. The largest absolute Gasteiger partial charge is 0.464 e. The second-order valence-corrected chi connectivity index (χ2v) is 12.9. The topological polar surface area (TPSA) is 73.1 Å². The summed E-state index contributed by atoms with van der Waals surface area (Å²) in [5.74, 6) is 2.56. The minimum absolute atomic E-state index is 0.313. The molecule has 234 valence electrons. The molecule has 1 aliphatic heterocycles. The summed E-state index contributed by atoms with van der Waals surface area (Å²) < 4.78 is 13.3. The van der Waals surface area contributed by atoms with E-state index in [2.05, 4.69) is 121 Å². The zero-order chi connectivity index (χ0) is 32.8. The zero-order valence-corrected chi connectivity index (χ0v) is 26.6. The number of benzene rings is 8. The van der Waals surface area contributed by atoms with Crippen LogP contribution in [0.1, 0.15) is 11.8 Å². The van der Waals surface area contributed by atoms with Gasteiger partial charge in [-0.2, -0.15) is 0 Å². The summed E-state index contributed by atoms with van der Waals surface area (Å²) in [6.45, 7) is 0. The highest BCUT2D eigenvalue weighted by molar-refractivity contribution is 6.28. The molecule has 0 saturated heterocycles. The summed E-state index contributed by atoms with van der Waals surface area (Å²) in [5.41, 5.74) is 6.27. The van der Waals surface area contributed by atoms with E-state index in [4.69, 9.17) is 24.1 Å². The van der Waals surface area contributed by atoms with Gasteiger partial charge in [-0.1, -0.05) is 115 Å². The van der Waals surface area contributed by atoms with Gasteiger partial charge >= 0.3 is 0 Å². The maximum atomic E-state index is 6.73. The van der Waals surface area contributed by atoms with Gasteiger partial charge in [0.15, 0.2) is 29.5 Å². The summed E-state index contributed by atoms with van der Waals surface area (Å²) >= 11 is 0. The van der Waals surface area contributed by atoms with Crippen LogP contribution in [0.25, 0.3) is 88.4 Å². The molecular weight excluding hydrogens is 617 g/mol. The van der Waals surface area contributed by atoms with Crippen LogP contribution in [0.4, 0.5) is 5.69 Å². The van der Waals surface area contributed by atoms with Gasteiger partial charge in [0, 0.05) is 43.8 Å². The van der Waals surface area contributed by atoms with E-state index in [-0.39, 0.29) is 6.23 Å². The van der Waals surface area contributed by atoms with Crippen molar-refractivity contribution in [3.8, 4) is 39.9 Å². The molecule has 10 aromatic rings. The maximum Gasteiger partial charge on any atom is 0.196 e. The third-order valence-electron chi connectivity index (χ3n) is 9.86. The van der Waals surface area contributed by atoms with Crippen molar-refractivity contribution in [2.45, 2.75) is 6.23 Å². The number of aromatic nitrogens is 3. The van der Waals surface area contributed by atoms with Crippen molar-refractivity contribution in [3.63, 3.8) is 0 Å². The first-order valence-corrected chi connectivity index (χ1v) is 16.7. The second-order valence-electron chi connectivity index (χ2n) is 12.9. The molecule has 50 heavy (non-hydrogen) atoms. The SMILES string of the molecule is c1ccc(C2Nc3c(c4cc(-c5nc(-c6ccc7ccccc7c6)nc(-c6ccc7ccccc7c6)n5)cc5oc6cccc3c6c54)O2)cc1. The number of rotatable bonds is 4. The number of hydrogen-bond donors (Lipinski definition) is 1. The van der Waals surface area contributed by atoms with E-state index in [1.807, 2.05) is 30.3 Å². The van der Waals surface area contributed by atoms with E-state index in [9.17, 15) is 0 Å². The zero-order valence-electron chi connectivity index (χ0n) is 26.6. The van der Waals surface area contributed by atoms with Crippen molar-refractivity contribution >= 4 is 59.9 Å². The van der Waals surface area contributed by atoms with Crippen LogP contribution in [-0.4, -0.2) is 15.0 Å². The summed E-state index contributed by atoms with van der Waals surface area (Å²) in [6, 6.07) is 50.0. The Morgan fingerprint density at radius 3 is 1.74 bits per heavy atom. The normalized spacial score (nSPS) is 14.1. The minimum atomic E-state index is -0.313. The maximum absolute atomic E-state index is 6.73. The fourth-order valence-corrected chi connectivity index (χ4v) is 7.46. The summed E-state index contributed by atoms with van der Waals surface area (Å²) in [7, 11) is 0. The molecule has 0 radical (unpaired) electrons. The van der Waals surface area contributed by atoms with Crippen LogP contribution >= 0.6 is 0 Å². The Morgan fingerprint density at radius 1 is 0.460 bits per heavy atom. The number of nitrogens with one attached hydrogen (secondary N) is 1. The van der Waals surface area contributed by atoms with Gasteiger partial charge in [-0.25, -0.2) is 15.0 Å². The standard InChI is InChI=1S/C44H26N4O2/c1-2-11-27(12-3-1)44-45-39-33-15-8-16-35-37(33)38-34(40(39)50-44)23-32(24-36(38)49-35)43-47-41(30-19-17-25-9-4-6-13-28(25)21-30)46-42(48-43)31-20-18-26-10-5-7-14-29(26)22-31/h1-24,44-45H. The van der Waals surface area contributed by atoms with Crippen LogP contribution in [-0.2, 0) is 0 Å². The number of nitrogens with zero attached hydrogens (tertiary/aromatic N) is 3. The Labute approximate surface area is 286 Å². The molecular formula is C44H26N4O2. The Balaban J connectivity index is 1.15. The van der Waals surface area contributed by atoms with E-state index in [0.29, 0.717) is 17.5 Å². The highest BCUT2D eigenvalue weighted by Gasteiger charge is 2.31. The molecule has 0 amide bonds. The molecule has 3 heterocycles. The van der Waals surface area contributed by atoms with Crippen molar-refractivity contribution < 1.29 is 9.15 Å². The summed E-state index contributed by atoms with van der Waals surface area (Å²) in [5, 5.41) is 12.4. The summed E-state index contributed by atoms with van der Waals surface area (Å²) in [6.07, 6.45) is -0.313. The molecule has 2 aromatic heterocycles. The van der Waals surface area contributed by atoms with Gasteiger partial charge < -0.3 is 14.5 Å². The van der Waals surface area contributed by atoms with Crippen LogP contribution < -0.4 is 10.1 Å². The van der Waals surface area contributed by atoms with Gasteiger partial charge in [0.2, 0.25) is 0 Å². The highest BCUT2D eigenvalue weighted by Crippen LogP contribution is 2.52. The van der Waals surface area contributed by atoms with Crippen molar-refractivity contribution in [2.24, 2.45) is 0 Å². The molecule has 1 unspecified atom stereocenters. The first kappa shape index (κ1) is 27.2. The lowest BCUT2D eigenvalue weighted by Gasteiger charge is -2.12. The van der Waals surface area contributed by atoms with Crippen LogP contribution in [0.2, 0.25) is 0 Å². The second kappa shape index (κ2) is 10.4. The fourth-order valence-electron chi connectivity index (χ4n) is 7.46. The predicted molar refractivity (Wildman–Crippen MR) is 201 cm³/mol. The van der Waals surface area contributed by atoms with E-state index in [0.717, 1.165) is 87.9 Å². The third kappa shape index (κ3) is 4.12. The quantitative estimate of drug-likeness (QED) is 0.193. The lowest BCUT2D eigenvalue weighted by atomic mass is 9.97. The van der Waals surface area contributed by atoms with Crippen molar-refractivity contribution in [1.29, 1.82) is 0 Å². The van der Waals surface area contributed by atoms with Gasteiger partial charge in [0.1, 0.15) is 11.2 Å². The summed E-state index contributed by atoms with van der Waals surface area (Å²) in [4.78, 5) is 15.3. The molecule has 0 aliphatic carbocycles. The molecule has 11 rings (SSSR count). The van der Waals surface area contributed by atoms with Gasteiger partial charge in [0.05, 0.1) is 5.69 Å². The Morgan fingerprint density at radius 2 is 1.06 bits per heavy atom. The molecule has 6 nitrogen and oxygen atoms in total. The molecule has 6 heteroatoms. The number of furan rings is 1. The number of hydrogen-bond acceptors (Lipinski definition) is 6. The molecule has 0 bridgehead atoms. The molecule has 0 spiro atoms. The van der Waals surface area contributed by atoms with Gasteiger partial charge in [-0.3, -0.25) is 0 Å². The van der Waals surface area contributed by atoms with Crippen molar-refractivity contribution in [3.05, 3.63) is 151 Å². The van der Waals surface area contributed by atoms with Crippen LogP contribution in [0, 0.1) is 0 Å². The average Bonchev–Trinajstić information content (AvgIpc) is 3.81. The van der Waals surface area contributed by atoms with E-state index in [1.165, 1.54) is 0 Å². The smallest absolute Gasteiger partial charge is 0.196 e. The van der Waals surface area contributed by atoms with Gasteiger partial charge in [-0.15, -0.1) is 0 Å². The van der Waals surface area contributed by atoms with Crippen molar-refractivity contribution in [1.82, 2.24) is 15.0 Å². The van der Waals surface area contributed by atoms with Crippen LogP contribution in [0.3, 0.4) is 0 Å². The van der Waals surface area contributed by atoms with Gasteiger partial charge in [0.25, 0.3) is 0 Å². The molecule has 1 atom stereocenters. The van der Waals surface area contributed by atoms with Gasteiger partial charge in [-0.05, 0) is 51.9 Å². The molecule has 8 aromatic carbocycles. The Kier molecular flexibility index (Phi) is 5.63. The molecule has 0 saturated carbocycles. The lowest BCUT2D eigenvalue weighted by Crippen LogP contribution is -2.09. The van der Waals surface area contributed by atoms with Crippen LogP contribution in [0.5, 0.6) is 5.75 Å². The monoisotopic (exact) mass is 642 g/mol. The fraction of sp³-hybridized carbons (Fsp3) is 0.0227. The minimum Gasteiger partial charge on any atom is -0.464 e. The lowest BCUT2D eigenvalue weighted by molar-refractivity contribution is 0.262. The molecule has 0 fully saturated rings. The number of fused-ring (bicyclic) bond motifs is 5. The molecule has 1 N–H and O–H groups in total.